The first-order valence-electron chi connectivity index (χ1n) is 12.8. The van der Waals surface area contributed by atoms with Crippen molar-refractivity contribution >= 4 is 12.1 Å². The molecule has 1 aliphatic heterocycles. The van der Waals surface area contributed by atoms with E-state index >= 15 is 0 Å². The summed E-state index contributed by atoms with van der Waals surface area (Å²) < 4.78 is 57.0. The van der Waals surface area contributed by atoms with E-state index in [9.17, 15) is 22.4 Å². The zero-order valence-corrected chi connectivity index (χ0v) is 21.0. The Balaban J connectivity index is 1.16. The molecule has 1 amide bonds. The number of aliphatic imine (C=N–C) groups is 1. The van der Waals surface area contributed by atoms with E-state index in [0.29, 0.717) is 12.3 Å². The van der Waals surface area contributed by atoms with Crippen LogP contribution in [0.25, 0.3) is 0 Å². The summed E-state index contributed by atoms with van der Waals surface area (Å²) in [7, 11) is 1.49. The first-order chi connectivity index (χ1) is 17.7. The molecule has 11 heteroatoms. The van der Waals surface area contributed by atoms with E-state index in [-0.39, 0.29) is 29.7 Å². The molecule has 0 aromatic carbocycles. The Kier molecular flexibility index (Phi) is 8.94. The van der Waals surface area contributed by atoms with Crippen molar-refractivity contribution in [2.24, 2.45) is 23.9 Å². The Morgan fingerprint density at radius 2 is 1.95 bits per heavy atom. The standard InChI is InChI=1S/C26H33F4N5O2/c1-34-25(27)21(16-32-34)14-23(36)31-15-19-4-2-18(3-5-19)8-11-35-12-9-20-6-7-24(33-22(20)10-13-35)37-17-26(28,29)30/h6-7,15-16,18-19H,2-5,8-14,17H2,1H3/b31-15-. The predicted octanol–water partition coefficient (Wildman–Crippen LogP) is 4.33. The highest BCUT2D eigenvalue weighted by atomic mass is 19.4. The maximum absolute atomic E-state index is 13.8. The molecule has 202 valence electrons. The van der Waals surface area contributed by atoms with E-state index in [1.54, 1.807) is 6.21 Å². The highest BCUT2D eigenvalue weighted by molar-refractivity contribution is 5.87. The number of aromatic nitrogens is 3. The Morgan fingerprint density at radius 3 is 2.65 bits per heavy atom. The minimum atomic E-state index is -4.38. The van der Waals surface area contributed by atoms with Gasteiger partial charge in [0.25, 0.3) is 0 Å². The number of nitrogens with zero attached hydrogens (tertiary/aromatic N) is 5. The van der Waals surface area contributed by atoms with Crippen LogP contribution in [0, 0.1) is 17.8 Å². The average molecular weight is 524 g/mol. The van der Waals surface area contributed by atoms with Crippen LogP contribution < -0.4 is 4.74 Å². The SMILES string of the molecule is Cn1ncc(CC(=O)/N=C\C2CCC(CCN3CCc4ccc(OCC(F)(F)F)nc4CC3)CC2)c1F. The predicted molar refractivity (Wildman–Crippen MR) is 130 cm³/mol. The number of carbonyl (C=O) groups is 1. The third kappa shape index (κ3) is 8.08. The number of fused-ring (bicyclic) bond motifs is 1. The summed E-state index contributed by atoms with van der Waals surface area (Å²) in [4.78, 5) is 22.9. The van der Waals surface area contributed by atoms with Gasteiger partial charge in [-0.3, -0.25) is 4.79 Å². The van der Waals surface area contributed by atoms with Gasteiger partial charge in [-0.15, -0.1) is 0 Å². The fourth-order valence-electron chi connectivity index (χ4n) is 5.04. The van der Waals surface area contributed by atoms with Gasteiger partial charge in [-0.2, -0.15) is 22.7 Å². The number of halogens is 4. The summed E-state index contributed by atoms with van der Waals surface area (Å²) in [6, 6.07) is 3.35. The number of hydrogen-bond donors (Lipinski definition) is 0. The Hall–Kier alpha value is -2.82. The number of hydrogen-bond acceptors (Lipinski definition) is 5. The molecular weight excluding hydrogens is 490 g/mol. The zero-order valence-electron chi connectivity index (χ0n) is 21.0. The molecule has 0 saturated heterocycles. The van der Waals surface area contributed by atoms with Crippen LogP contribution in [0.3, 0.4) is 0 Å². The third-order valence-electron chi connectivity index (χ3n) is 7.24. The van der Waals surface area contributed by atoms with Crippen LogP contribution in [-0.4, -0.2) is 64.2 Å². The van der Waals surface area contributed by atoms with Crippen LogP contribution in [0.5, 0.6) is 5.88 Å². The summed E-state index contributed by atoms with van der Waals surface area (Å²) in [5.41, 5.74) is 2.15. The maximum atomic E-state index is 13.8. The molecule has 0 bridgehead atoms. The molecule has 1 fully saturated rings. The van der Waals surface area contributed by atoms with E-state index in [1.165, 1.54) is 19.3 Å². The van der Waals surface area contributed by atoms with Gasteiger partial charge in [0.2, 0.25) is 17.7 Å². The Bertz CT molecular complexity index is 1090. The molecule has 0 N–H and O–H groups in total. The van der Waals surface area contributed by atoms with E-state index in [0.717, 1.165) is 74.1 Å². The van der Waals surface area contributed by atoms with E-state index in [2.05, 4.69) is 20.0 Å². The van der Waals surface area contributed by atoms with Gasteiger partial charge < -0.3 is 9.64 Å². The van der Waals surface area contributed by atoms with Gasteiger partial charge in [-0.05, 0) is 62.5 Å². The summed E-state index contributed by atoms with van der Waals surface area (Å²) in [5, 5.41) is 3.80. The average Bonchev–Trinajstić information content (AvgIpc) is 3.06. The number of pyridine rings is 1. The maximum Gasteiger partial charge on any atom is 0.422 e. The van der Waals surface area contributed by atoms with E-state index in [1.807, 2.05) is 6.07 Å². The number of alkyl halides is 3. The van der Waals surface area contributed by atoms with Crippen molar-refractivity contribution in [1.29, 1.82) is 0 Å². The highest BCUT2D eigenvalue weighted by Gasteiger charge is 2.29. The summed E-state index contributed by atoms with van der Waals surface area (Å²) >= 11 is 0. The minimum Gasteiger partial charge on any atom is -0.468 e. The lowest BCUT2D eigenvalue weighted by Gasteiger charge is -2.28. The highest BCUT2D eigenvalue weighted by Crippen LogP contribution is 2.30. The van der Waals surface area contributed by atoms with Crippen molar-refractivity contribution in [3.05, 3.63) is 41.1 Å². The molecule has 1 saturated carbocycles. The van der Waals surface area contributed by atoms with Gasteiger partial charge in [0.05, 0.1) is 12.6 Å². The molecule has 7 nitrogen and oxygen atoms in total. The van der Waals surface area contributed by atoms with E-state index < -0.39 is 18.7 Å². The van der Waals surface area contributed by atoms with Crippen molar-refractivity contribution in [2.75, 3.05) is 26.2 Å². The first kappa shape index (κ1) is 27.2. The largest absolute Gasteiger partial charge is 0.468 e. The van der Waals surface area contributed by atoms with Gasteiger partial charge in [0, 0.05) is 50.1 Å². The first-order valence-corrected chi connectivity index (χ1v) is 12.8. The molecule has 0 atom stereocenters. The lowest BCUT2D eigenvalue weighted by Crippen LogP contribution is -2.29. The molecule has 3 heterocycles. The second-order valence-corrected chi connectivity index (χ2v) is 10.0. The van der Waals surface area contributed by atoms with E-state index in [4.69, 9.17) is 4.74 Å². The number of ether oxygens (including phenoxy) is 1. The fourth-order valence-corrected chi connectivity index (χ4v) is 5.04. The molecule has 37 heavy (non-hydrogen) atoms. The summed E-state index contributed by atoms with van der Waals surface area (Å²) in [6.45, 7) is 1.37. The monoisotopic (exact) mass is 523 g/mol. The quantitative estimate of drug-likeness (QED) is 0.381. The smallest absolute Gasteiger partial charge is 0.422 e. The third-order valence-corrected chi connectivity index (χ3v) is 7.24. The van der Waals surface area contributed by atoms with Crippen molar-refractivity contribution in [1.82, 2.24) is 19.7 Å². The molecule has 2 aromatic heterocycles. The van der Waals surface area contributed by atoms with Crippen LogP contribution in [0.15, 0.2) is 23.3 Å². The van der Waals surface area contributed by atoms with Crippen LogP contribution in [0.2, 0.25) is 0 Å². The minimum absolute atomic E-state index is 0.0239. The van der Waals surface area contributed by atoms with Crippen molar-refractivity contribution < 1.29 is 27.1 Å². The molecule has 0 radical (unpaired) electrons. The normalized spacial score (nSPS) is 21.1. The number of aryl methyl sites for hydroxylation is 1. The van der Waals surface area contributed by atoms with Gasteiger partial charge in [0.15, 0.2) is 6.61 Å². The van der Waals surface area contributed by atoms with Gasteiger partial charge in [-0.1, -0.05) is 6.07 Å². The van der Waals surface area contributed by atoms with Crippen LogP contribution in [0.4, 0.5) is 17.6 Å². The van der Waals surface area contributed by atoms with Gasteiger partial charge in [0.1, 0.15) is 0 Å². The molecule has 1 aliphatic carbocycles. The van der Waals surface area contributed by atoms with Crippen LogP contribution in [0.1, 0.15) is 48.9 Å². The number of amides is 1. The fraction of sp³-hybridized carbons (Fsp3) is 0.615. The lowest BCUT2D eigenvalue weighted by atomic mass is 9.81. The Labute approximate surface area is 213 Å². The summed E-state index contributed by atoms with van der Waals surface area (Å²) in [6.07, 6.45) is 5.37. The van der Waals surface area contributed by atoms with Gasteiger partial charge >= 0.3 is 6.18 Å². The van der Waals surface area contributed by atoms with Crippen molar-refractivity contribution in [3.63, 3.8) is 0 Å². The molecule has 0 spiro atoms. The lowest BCUT2D eigenvalue weighted by molar-refractivity contribution is -0.154. The molecule has 4 rings (SSSR count). The molecular formula is C26H33F4N5O2. The zero-order chi connectivity index (χ0) is 26.4. The van der Waals surface area contributed by atoms with Gasteiger partial charge in [-0.25, -0.2) is 14.7 Å². The Morgan fingerprint density at radius 1 is 1.19 bits per heavy atom. The second kappa shape index (κ2) is 12.1. The van der Waals surface area contributed by atoms with Crippen LogP contribution in [-0.2, 0) is 31.1 Å². The number of carbonyl (C=O) groups excluding carboxylic acids is 1. The summed E-state index contributed by atoms with van der Waals surface area (Å²) in [5.74, 6) is 0.0520. The van der Waals surface area contributed by atoms with Crippen molar-refractivity contribution in [2.45, 2.75) is 57.5 Å². The number of rotatable bonds is 8. The second-order valence-electron chi connectivity index (χ2n) is 10.0. The van der Waals surface area contributed by atoms with Crippen LogP contribution >= 0.6 is 0 Å². The topological polar surface area (TPSA) is 72.6 Å². The van der Waals surface area contributed by atoms with Crippen molar-refractivity contribution in [3.8, 4) is 5.88 Å². The molecule has 0 unspecified atom stereocenters. The molecule has 2 aromatic rings. The molecule has 2 aliphatic rings.